The summed E-state index contributed by atoms with van der Waals surface area (Å²) in [6.45, 7) is 7.23. The van der Waals surface area contributed by atoms with Crippen molar-refractivity contribution in [1.82, 2.24) is 10.4 Å². The summed E-state index contributed by atoms with van der Waals surface area (Å²) in [6.07, 6.45) is 8.43. The average Bonchev–Trinajstić information content (AvgIpc) is 3.05. The van der Waals surface area contributed by atoms with Crippen molar-refractivity contribution >= 4 is 46.2 Å². The molecular weight excluding hydrogens is 480 g/mol. The van der Waals surface area contributed by atoms with Gasteiger partial charge in [0.1, 0.15) is 0 Å². The largest absolute Gasteiger partial charge is 0.490 e. The van der Waals surface area contributed by atoms with Gasteiger partial charge in [0.05, 0.1) is 23.5 Å². The molecule has 0 aromatic heterocycles. The Bertz CT molecular complexity index is 1030. The van der Waals surface area contributed by atoms with Gasteiger partial charge in [0.15, 0.2) is 15.8 Å². The Hall–Kier alpha value is -2.06. The summed E-state index contributed by atoms with van der Waals surface area (Å²) in [4.78, 5) is 27.2. The van der Waals surface area contributed by atoms with Crippen LogP contribution in [0.3, 0.4) is 0 Å². The van der Waals surface area contributed by atoms with Gasteiger partial charge >= 0.3 is 0 Å². The van der Waals surface area contributed by atoms with E-state index in [1.807, 2.05) is 25.1 Å². The van der Waals surface area contributed by atoms with Crippen molar-refractivity contribution in [2.24, 2.45) is 29.1 Å². The molecule has 4 saturated carbocycles. The first-order chi connectivity index (χ1) is 16.8. The second-order valence-corrected chi connectivity index (χ2v) is 12.7. The maximum atomic E-state index is 13.4. The molecule has 0 unspecified atom stereocenters. The topological polar surface area (TPSA) is 67.9 Å². The highest BCUT2D eigenvalue weighted by molar-refractivity contribution is 8.26. The quantitative estimate of drug-likeness (QED) is 0.361. The molecule has 0 spiro atoms. The van der Waals surface area contributed by atoms with Crippen LogP contribution in [0.2, 0.25) is 0 Å². The minimum absolute atomic E-state index is 0.0283. The molecule has 1 heterocycles. The van der Waals surface area contributed by atoms with Crippen molar-refractivity contribution in [3.8, 4) is 11.5 Å². The highest BCUT2D eigenvalue weighted by Crippen LogP contribution is 2.60. The number of nitrogens with zero attached hydrogens (tertiary/aromatic N) is 1. The molecule has 1 saturated heterocycles. The van der Waals surface area contributed by atoms with Crippen LogP contribution >= 0.6 is 24.0 Å². The fraction of sp³-hybridized carbons (Fsp3) is 0.593. The highest BCUT2D eigenvalue weighted by Gasteiger charge is 2.55. The zero-order chi connectivity index (χ0) is 24.7. The van der Waals surface area contributed by atoms with Gasteiger partial charge in [0, 0.05) is 0 Å². The molecule has 5 aliphatic rings. The molecule has 4 bridgehead atoms. The molecule has 5 fully saturated rings. The SMILES string of the molecule is CCOc1cc(/C=C2\SC(=S)N(NC(=O)C34CC5CC(CC(C5)C3)C4)C2=O)ccc1OCC(C)C. The van der Waals surface area contributed by atoms with Gasteiger partial charge < -0.3 is 9.47 Å². The van der Waals surface area contributed by atoms with Crippen LogP contribution in [0.1, 0.15) is 64.9 Å². The molecule has 1 aromatic rings. The Morgan fingerprint density at radius 2 is 1.83 bits per heavy atom. The van der Waals surface area contributed by atoms with Gasteiger partial charge in [-0.1, -0.05) is 31.7 Å². The first-order valence-corrected chi connectivity index (χ1v) is 14.0. The minimum atomic E-state index is -0.333. The Morgan fingerprint density at radius 3 is 2.43 bits per heavy atom. The van der Waals surface area contributed by atoms with Crippen LogP contribution in [0.4, 0.5) is 0 Å². The van der Waals surface area contributed by atoms with Crippen LogP contribution in [0.25, 0.3) is 6.08 Å². The van der Waals surface area contributed by atoms with Crippen molar-refractivity contribution in [2.75, 3.05) is 13.2 Å². The molecule has 35 heavy (non-hydrogen) atoms. The van der Waals surface area contributed by atoms with Crippen LogP contribution in [-0.4, -0.2) is 34.4 Å². The number of nitrogens with one attached hydrogen (secondary N) is 1. The van der Waals surface area contributed by atoms with Gasteiger partial charge in [-0.15, -0.1) is 0 Å². The summed E-state index contributed by atoms with van der Waals surface area (Å²) in [5, 5.41) is 1.27. The second kappa shape index (κ2) is 9.77. The van der Waals surface area contributed by atoms with Gasteiger partial charge in [0.2, 0.25) is 5.91 Å². The normalized spacial score (nSPS) is 30.5. The highest BCUT2D eigenvalue weighted by atomic mass is 32.2. The number of rotatable bonds is 8. The number of hydrogen-bond acceptors (Lipinski definition) is 6. The van der Waals surface area contributed by atoms with Crippen molar-refractivity contribution in [3.63, 3.8) is 0 Å². The van der Waals surface area contributed by atoms with Gasteiger partial charge in [-0.25, -0.2) is 0 Å². The number of carbonyl (C=O) groups excluding carboxylic acids is 2. The number of hydrazine groups is 1. The predicted octanol–water partition coefficient (Wildman–Crippen LogP) is 5.57. The number of benzene rings is 1. The van der Waals surface area contributed by atoms with E-state index in [0.717, 1.165) is 24.8 Å². The summed E-state index contributed by atoms with van der Waals surface area (Å²) < 4.78 is 12.0. The molecule has 0 atom stereocenters. The standard InChI is InChI=1S/C27H34N2O4S2/c1-4-32-22-10-17(5-6-21(22)33-15-16(2)3)11-23-24(30)29(26(34)35-23)28-25(31)27-12-18-7-19(13-27)9-20(8-18)14-27/h5-6,10-11,16,18-20H,4,7-9,12-15H2,1-3H3,(H,28,31)/b23-11-. The predicted molar refractivity (Wildman–Crippen MR) is 142 cm³/mol. The maximum absolute atomic E-state index is 13.4. The number of ether oxygens (including phenoxy) is 2. The van der Waals surface area contributed by atoms with E-state index < -0.39 is 0 Å². The molecular formula is C27H34N2O4S2. The van der Waals surface area contributed by atoms with Crippen LogP contribution in [0.5, 0.6) is 11.5 Å². The summed E-state index contributed by atoms with van der Waals surface area (Å²) >= 11 is 6.70. The number of thioether (sulfide) groups is 1. The number of thiocarbonyl (C=S) groups is 1. The van der Waals surface area contributed by atoms with E-state index in [2.05, 4.69) is 19.3 Å². The van der Waals surface area contributed by atoms with Crippen molar-refractivity contribution < 1.29 is 19.1 Å². The van der Waals surface area contributed by atoms with Crippen molar-refractivity contribution in [2.45, 2.75) is 59.3 Å². The van der Waals surface area contributed by atoms with E-state index in [1.54, 1.807) is 6.08 Å². The third kappa shape index (κ3) is 4.96. The molecule has 1 N–H and O–H groups in total. The lowest BCUT2D eigenvalue weighted by molar-refractivity contribution is -0.152. The number of carbonyl (C=O) groups is 2. The first-order valence-electron chi connectivity index (χ1n) is 12.7. The van der Waals surface area contributed by atoms with Crippen molar-refractivity contribution in [1.29, 1.82) is 0 Å². The lowest BCUT2D eigenvalue weighted by Crippen LogP contribution is -2.57. The molecule has 2 amide bonds. The zero-order valence-electron chi connectivity index (χ0n) is 20.7. The molecule has 0 radical (unpaired) electrons. The fourth-order valence-electron chi connectivity index (χ4n) is 6.58. The molecule has 4 aliphatic carbocycles. The summed E-state index contributed by atoms with van der Waals surface area (Å²) in [5.74, 6) is 3.40. The Labute approximate surface area is 217 Å². The van der Waals surface area contributed by atoms with Crippen molar-refractivity contribution in [3.05, 3.63) is 28.7 Å². The van der Waals surface area contributed by atoms with Crippen LogP contribution in [-0.2, 0) is 9.59 Å². The lowest BCUT2D eigenvalue weighted by Gasteiger charge is -2.55. The van der Waals surface area contributed by atoms with E-state index >= 15 is 0 Å². The van der Waals surface area contributed by atoms with Crippen LogP contribution in [0.15, 0.2) is 23.1 Å². The van der Waals surface area contributed by atoms with Crippen LogP contribution < -0.4 is 14.9 Å². The van der Waals surface area contributed by atoms with E-state index in [0.29, 0.717) is 57.6 Å². The van der Waals surface area contributed by atoms with Gasteiger partial charge in [-0.3, -0.25) is 15.0 Å². The zero-order valence-corrected chi connectivity index (χ0v) is 22.3. The Balaban J connectivity index is 1.30. The van der Waals surface area contributed by atoms with E-state index in [9.17, 15) is 9.59 Å². The Kier molecular flexibility index (Phi) is 6.87. The maximum Gasteiger partial charge on any atom is 0.285 e. The molecule has 6 nitrogen and oxygen atoms in total. The number of amides is 2. The van der Waals surface area contributed by atoms with Gasteiger partial charge in [-0.05, 0) is 105 Å². The Morgan fingerprint density at radius 1 is 1.17 bits per heavy atom. The second-order valence-electron chi connectivity index (χ2n) is 11.0. The van der Waals surface area contributed by atoms with Gasteiger partial charge in [0.25, 0.3) is 5.91 Å². The third-order valence-corrected chi connectivity index (χ3v) is 8.97. The average molecular weight is 515 g/mol. The van der Waals surface area contributed by atoms with Crippen LogP contribution in [0, 0.1) is 29.1 Å². The molecule has 8 heteroatoms. The summed E-state index contributed by atoms with van der Waals surface area (Å²) in [6, 6.07) is 5.65. The molecule has 188 valence electrons. The van der Waals surface area contributed by atoms with E-state index in [4.69, 9.17) is 21.7 Å². The van der Waals surface area contributed by atoms with Gasteiger partial charge in [-0.2, -0.15) is 5.01 Å². The monoisotopic (exact) mass is 514 g/mol. The molecule has 1 aromatic carbocycles. The third-order valence-electron chi connectivity index (χ3n) is 7.66. The van der Waals surface area contributed by atoms with E-state index in [1.165, 1.54) is 36.0 Å². The number of hydrogen-bond donors (Lipinski definition) is 1. The van der Waals surface area contributed by atoms with E-state index in [-0.39, 0.29) is 17.2 Å². The smallest absolute Gasteiger partial charge is 0.285 e. The fourth-order valence-corrected chi connectivity index (χ4v) is 7.76. The molecule has 1 aliphatic heterocycles. The minimum Gasteiger partial charge on any atom is -0.490 e. The molecule has 6 rings (SSSR count). The summed E-state index contributed by atoms with van der Waals surface area (Å²) in [5.41, 5.74) is 3.40. The first kappa shape index (κ1) is 24.6. The lowest BCUT2D eigenvalue weighted by atomic mass is 9.49. The summed E-state index contributed by atoms with van der Waals surface area (Å²) in [7, 11) is 0.